The van der Waals surface area contributed by atoms with Gasteiger partial charge in [-0.3, -0.25) is 0 Å². The molecule has 1 atom stereocenters. The van der Waals surface area contributed by atoms with Crippen LogP contribution in [-0.4, -0.2) is 31.3 Å². The van der Waals surface area contributed by atoms with E-state index in [4.69, 9.17) is 4.74 Å². The van der Waals surface area contributed by atoms with Crippen LogP contribution in [0.1, 0.15) is 60.9 Å². The summed E-state index contributed by atoms with van der Waals surface area (Å²) in [6.07, 6.45) is 4.09. The van der Waals surface area contributed by atoms with E-state index in [1.165, 1.54) is 33.5 Å². The molecule has 186 valence electrons. The molecule has 0 radical (unpaired) electrons. The molecule has 35 heavy (non-hydrogen) atoms. The smallest absolute Gasteiger partial charge is 0.120 e. The van der Waals surface area contributed by atoms with E-state index in [0.29, 0.717) is 11.7 Å². The lowest BCUT2D eigenvalue weighted by Crippen LogP contribution is -2.38. The number of aryl methyl sites for hydroxylation is 1. The second-order valence-electron chi connectivity index (χ2n) is 10.5. The fraction of sp³-hybridized carbons (Fsp3) is 0.419. The molecule has 0 spiro atoms. The molecule has 0 bridgehead atoms. The van der Waals surface area contributed by atoms with Gasteiger partial charge in [0.2, 0.25) is 0 Å². The number of aromatic hydroxyl groups is 1. The third-order valence-corrected chi connectivity index (χ3v) is 7.54. The predicted molar refractivity (Wildman–Crippen MR) is 146 cm³/mol. The summed E-state index contributed by atoms with van der Waals surface area (Å²) in [7, 11) is 3.76. The molecule has 0 aromatic heterocycles. The van der Waals surface area contributed by atoms with Crippen molar-refractivity contribution < 1.29 is 9.84 Å². The Morgan fingerprint density at radius 1 is 1.00 bits per heavy atom. The molecule has 0 saturated carbocycles. The zero-order chi connectivity index (χ0) is 25.0. The fourth-order valence-corrected chi connectivity index (χ4v) is 5.23. The summed E-state index contributed by atoms with van der Waals surface area (Å²) < 4.78 is 5.62. The maximum atomic E-state index is 9.88. The molecule has 4 nitrogen and oxygen atoms in total. The van der Waals surface area contributed by atoms with Crippen molar-refractivity contribution in [2.24, 2.45) is 0 Å². The maximum Gasteiger partial charge on any atom is 0.120 e. The summed E-state index contributed by atoms with van der Waals surface area (Å²) in [6.45, 7) is 8.48. The average Bonchev–Trinajstić information content (AvgIpc) is 2.87. The average molecular weight is 473 g/mol. The summed E-state index contributed by atoms with van der Waals surface area (Å²) in [4.78, 5) is 2.47. The lowest BCUT2D eigenvalue weighted by Gasteiger charge is -2.32. The highest BCUT2D eigenvalue weighted by atomic mass is 16.5. The molecular weight excluding hydrogens is 432 g/mol. The number of benzene rings is 3. The van der Waals surface area contributed by atoms with Gasteiger partial charge in [-0.2, -0.15) is 0 Å². The van der Waals surface area contributed by atoms with Gasteiger partial charge in [0.1, 0.15) is 11.5 Å². The van der Waals surface area contributed by atoms with E-state index < -0.39 is 0 Å². The van der Waals surface area contributed by atoms with Crippen LogP contribution in [0, 0.1) is 0 Å². The first-order valence-corrected chi connectivity index (χ1v) is 12.8. The summed E-state index contributed by atoms with van der Waals surface area (Å²) >= 11 is 0. The highest BCUT2D eigenvalue weighted by molar-refractivity contribution is 5.60. The van der Waals surface area contributed by atoms with Crippen molar-refractivity contribution in [1.82, 2.24) is 5.32 Å². The first-order chi connectivity index (χ1) is 16.8. The van der Waals surface area contributed by atoms with Crippen molar-refractivity contribution in [1.29, 1.82) is 0 Å². The molecule has 0 fully saturated rings. The van der Waals surface area contributed by atoms with Gasteiger partial charge in [-0.1, -0.05) is 36.4 Å². The Bertz CT molecular complexity index is 1140. The van der Waals surface area contributed by atoms with Crippen LogP contribution in [0.3, 0.4) is 0 Å². The molecule has 3 aromatic rings. The summed E-state index contributed by atoms with van der Waals surface area (Å²) in [5.41, 5.74) is 8.04. The SMILES string of the molecule is CCN(Cc1ccc(CC(C)(C)NC)cc1)c1cc(OC)ccc1C1CCc2cc(O)ccc2C1. The number of nitrogens with zero attached hydrogens (tertiary/aromatic N) is 1. The highest BCUT2D eigenvalue weighted by Gasteiger charge is 2.25. The van der Waals surface area contributed by atoms with Crippen LogP contribution in [0.15, 0.2) is 60.7 Å². The van der Waals surface area contributed by atoms with Crippen LogP contribution in [-0.2, 0) is 25.8 Å². The van der Waals surface area contributed by atoms with Crippen LogP contribution < -0.4 is 15.0 Å². The molecule has 0 amide bonds. The number of methoxy groups -OCH3 is 1. The summed E-state index contributed by atoms with van der Waals surface area (Å²) in [5.74, 6) is 1.71. The monoisotopic (exact) mass is 472 g/mol. The molecule has 0 aliphatic heterocycles. The maximum absolute atomic E-state index is 9.88. The number of anilines is 1. The zero-order valence-electron chi connectivity index (χ0n) is 21.9. The van der Waals surface area contributed by atoms with E-state index in [1.807, 2.05) is 19.2 Å². The van der Waals surface area contributed by atoms with Gasteiger partial charge in [0, 0.05) is 30.4 Å². The van der Waals surface area contributed by atoms with E-state index in [0.717, 1.165) is 44.5 Å². The minimum Gasteiger partial charge on any atom is -0.508 e. The number of ether oxygens (including phenoxy) is 1. The van der Waals surface area contributed by atoms with E-state index in [1.54, 1.807) is 7.11 Å². The van der Waals surface area contributed by atoms with E-state index in [-0.39, 0.29) is 5.54 Å². The lowest BCUT2D eigenvalue weighted by molar-refractivity contribution is 0.414. The quantitative estimate of drug-likeness (QED) is 0.387. The molecule has 0 saturated heterocycles. The number of fused-ring (bicyclic) bond motifs is 1. The Balaban J connectivity index is 1.58. The molecular formula is C31H40N2O2. The highest BCUT2D eigenvalue weighted by Crippen LogP contribution is 2.40. The molecule has 4 rings (SSSR count). The number of likely N-dealkylation sites (N-methyl/N-ethyl adjacent to an activating group) is 1. The number of rotatable bonds is 9. The van der Waals surface area contributed by atoms with Gasteiger partial charge in [-0.25, -0.2) is 0 Å². The van der Waals surface area contributed by atoms with Crippen molar-refractivity contribution in [3.8, 4) is 11.5 Å². The third kappa shape index (κ3) is 5.99. The van der Waals surface area contributed by atoms with E-state index in [9.17, 15) is 5.11 Å². The van der Waals surface area contributed by atoms with Crippen molar-refractivity contribution in [2.45, 2.75) is 64.5 Å². The molecule has 4 heteroatoms. The van der Waals surface area contributed by atoms with Crippen molar-refractivity contribution >= 4 is 5.69 Å². The largest absolute Gasteiger partial charge is 0.508 e. The van der Waals surface area contributed by atoms with E-state index in [2.05, 4.69) is 79.5 Å². The van der Waals surface area contributed by atoms with Gasteiger partial charge >= 0.3 is 0 Å². The Morgan fingerprint density at radius 3 is 2.43 bits per heavy atom. The number of phenols is 1. The molecule has 0 heterocycles. The Morgan fingerprint density at radius 2 is 1.74 bits per heavy atom. The Kier molecular flexibility index (Phi) is 7.71. The van der Waals surface area contributed by atoms with Gasteiger partial charge in [-0.05, 0) is 105 Å². The van der Waals surface area contributed by atoms with Gasteiger partial charge < -0.3 is 20.1 Å². The van der Waals surface area contributed by atoms with Crippen molar-refractivity contribution in [3.63, 3.8) is 0 Å². The molecule has 1 aliphatic carbocycles. The first kappa shape index (κ1) is 25.1. The second-order valence-corrected chi connectivity index (χ2v) is 10.5. The molecule has 1 unspecified atom stereocenters. The minimum absolute atomic E-state index is 0.0871. The fourth-order valence-electron chi connectivity index (χ4n) is 5.23. The Labute approximate surface area is 211 Å². The number of nitrogens with one attached hydrogen (secondary N) is 1. The first-order valence-electron chi connectivity index (χ1n) is 12.8. The Hall–Kier alpha value is -2.98. The number of hydrogen-bond acceptors (Lipinski definition) is 4. The van der Waals surface area contributed by atoms with Gasteiger partial charge in [0.05, 0.1) is 7.11 Å². The molecule has 3 aromatic carbocycles. The third-order valence-electron chi connectivity index (χ3n) is 7.54. The van der Waals surface area contributed by atoms with Gasteiger partial charge in [0.25, 0.3) is 0 Å². The molecule has 2 N–H and O–H groups in total. The minimum atomic E-state index is 0.0871. The van der Waals surface area contributed by atoms with Crippen molar-refractivity contribution in [3.05, 3.63) is 88.5 Å². The molecule has 1 aliphatic rings. The van der Waals surface area contributed by atoms with Gasteiger partial charge in [-0.15, -0.1) is 0 Å². The summed E-state index contributed by atoms with van der Waals surface area (Å²) in [6, 6.07) is 21.5. The van der Waals surface area contributed by atoms with E-state index >= 15 is 0 Å². The summed E-state index contributed by atoms with van der Waals surface area (Å²) in [5, 5.41) is 13.3. The zero-order valence-corrected chi connectivity index (χ0v) is 21.9. The van der Waals surface area contributed by atoms with Crippen LogP contribution in [0.4, 0.5) is 5.69 Å². The topological polar surface area (TPSA) is 44.7 Å². The predicted octanol–water partition coefficient (Wildman–Crippen LogP) is 6.24. The van der Waals surface area contributed by atoms with Crippen LogP contribution in [0.2, 0.25) is 0 Å². The second kappa shape index (κ2) is 10.7. The van der Waals surface area contributed by atoms with Crippen LogP contribution >= 0.6 is 0 Å². The van der Waals surface area contributed by atoms with Crippen LogP contribution in [0.5, 0.6) is 11.5 Å². The normalized spacial score (nSPS) is 15.5. The number of phenolic OH excluding ortho intramolecular Hbond substituents is 1. The van der Waals surface area contributed by atoms with Gasteiger partial charge in [0.15, 0.2) is 0 Å². The standard InChI is InChI=1S/C31H40N2O2/c1-6-33(21-23-9-7-22(8-10-23)20-31(2,3)32-4)30-19-28(35-5)15-16-29(30)26-12-11-25-18-27(34)14-13-24(25)17-26/h7-10,13-16,18-19,26,32,34H,6,11-12,17,20-21H2,1-5H3. The lowest BCUT2D eigenvalue weighted by atomic mass is 9.79. The van der Waals surface area contributed by atoms with Crippen molar-refractivity contribution in [2.75, 3.05) is 25.6 Å². The van der Waals surface area contributed by atoms with Crippen LogP contribution in [0.25, 0.3) is 0 Å². The number of hydrogen-bond donors (Lipinski definition) is 2.